The molecular formula is C18H10ClF3O4. The van der Waals surface area contributed by atoms with Gasteiger partial charge in [-0.2, -0.15) is 13.2 Å². The predicted octanol–water partition coefficient (Wildman–Crippen LogP) is 4.76. The Balaban J connectivity index is 1.59. The van der Waals surface area contributed by atoms with Gasteiger partial charge in [0.05, 0.1) is 16.5 Å². The number of ether oxygens (including phenoxy) is 1. The average molecular weight is 383 g/mol. The van der Waals surface area contributed by atoms with Crippen molar-refractivity contribution in [2.45, 2.75) is 12.1 Å². The number of benzene rings is 2. The predicted molar refractivity (Wildman–Crippen MR) is 84.7 cm³/mol. The molecule has 0 aromatic heterocycles. The lowest BCUT2D eigenvalue weighted by Crippen LogP contribution is -2.10. The van der Waals surface area contributed by atoms with Crippen LogP contribution in [0.1, 0.15) is 27.4 Å². The van der Waals surface area contributed by atoms with Gasteiger partial charge in [-0.1, -0.05) is 17.7 Å². The first kappa shape index (κ1) is 16.9. The van der Waals surface area contributed by atoms with Crippen LogP contribution in [-0.4, -0.2) is 16.9 Å². The van der Waals surface area contributed by atoms with Crippen molar-refractivity contribution in [3.8, 4) is 11.5 Å². The first-order chi connectivity index (χ1) is 12.2. The number of fused-ring (bicyclic) bond motifs is 3. The molecule has 3 atom stereocenters. The van der Waals surface area contributed by atoms with E-state index >= 15 is 0 Å². The summed E-state index contributed by atoms with van der Waals surface area (Å²) >= 11 is 5.86. The number of aliphatic carboxylic acids is 1. The number of alkyl halides is 3. The lowest BCUT2D eigenvalue weighted by atomic mass is 10.0. The van der Waals surface area contributed by atoms with Crippen LogP contribution in [0.3, 0.4) is 0 Å². The molecule has 4 nitrogen and oxygen atoms in total. The van der Waals surface area contributed by atoms with Crippen LogP contribution in [0, 0.1) is 11.8 Å². The van der Waals surface area contributed by atoms with Crippen molar-refractivity contribution in [3.05, 3.63) is 58.1 Å². The number of rotatable bonds is 3. The molecule has 1 fully saturated rings. The highest BCUT2D eigenvalue weighted by molar-refractivity contribution is 6.32. The highest BCUT2D eigenvalue weighted by Crippen LogP contribution is 2.61. The maximum absolute atomic E-state index is 12.7. The van der Waals surface area contributed by atoms with E-state index in [4.69, 9.17) is 21.4 Å². The molecule has 134 valence electrons. The largest absolute Gasteiger partial charge is 0.481 e. The zero-order valence-electron chi connectivity index (χ0n) is 12.9. The monoisotopic (exact) mass is 382 g/mol. The van der Waals surface area contributed by atoms with E-state index in [-0.39, 0.29) is 28.2 Å². The summed E-state index contributed by atoms with van der Waals surface area (Å²) in [4.78, 5) is 23.4. The van der Waals surface area contributed by atoms with E-state index in [1.807, 2.05) is 0 Å². The molecule has 3 unspecified atom stereocenters. The van der Waals surface area contributed by atoms with E-state index in [1.165, 1.54) is 6.07 Å². The molecule has 0 amide bonds. The van der Waals surface area contributed by atoms with Gasteiger partial charge in [-0.3, -0.25) is 9.59 Å². The maximum atomic E-state index is 12.7. The molecule has 4 rings (SSSR count). The molecule has 26 heavy (non-hydrogen) atoms. The van der Waals surface area contributed by atoms with Gasteiger partial charge in [0.2, 0.25) is 0 Å². The normalized spacial score (nSPS) is 23.4. The van der Waals surface area contributed by atoms with E-state index in [9.17, 15) is 22.8 Å². The zero-order valence-corrected chi connectivity index (χ0v) is 13.6. The summed E-state index contributed by atoms with van der Waals surface area (Å²) < 4.78 is 43.5. The Morgan fingerprint density at radius 1 is 1.12 bits per heavy atom. The van der Waals surface area contributed by atoms with Gasteiger partial charge < -0.3 is 9.84 Å². The molecule has 0 heterocycles. The number of carbonyl (C=O) groups is 2. The van der Waals surface area contributed by atoms with E-state index in [0.717, 1.165) is 18.2 Å². The molecule has 1 saturated carbocycles. The molecule has 2 aromatic rings. The van der Waals surface area contributed by atoms with Crippen LogP contribution in [0.15, 0.2) is 36.4 Å². The molecule has 8 heteroatoms. The molecule has 0 bridgehead atoms. The average Bonchev–Trinajstić information content (AvgIpc) is 3.24. The van der Waals surface area contributed by atoms with Gasteiger partial charge in [0.1, 0.15) is 11.5 Å². The van der Waals surface area contributed by atoms with E-state index in [2.05, 4.69) is 0 Å². The fourth-order valence-corrected chi connectivity index (χ4v) is 3.72. The Morgan fingerprint density at radius 3 is 2.46 bits per heavy atom. The van der Waals surface area contributed by atoms with Crippen LogP contribution >= 0.6 is 11.6 Å². The lowest BCUT2D eigenvalue weighted by molar-refractivity contribution is -0.139. The fraction of sp³-hybridized carbons (Fsp3) is 0.222. The second-order valence-electron chi connectivity index (χ2n) is 6.27. The first-order valence-corrected chi connectivity index (χ1v) is 8.02. The van der Waals surface area contributed by atoms with Crippen LogP contribution in [0.2, 0.25) is 5.02 Å². The molecule has 1 N–H and O–H groups in total. The third kappa shape index (κ3) is 2.54. The van der Waals surface area contributed by atoms with E-state index in [0.29, 0.717) is 11.1 Å². The minimum atomic E-state index is -4.51. The first-order valence-electron chi connectivity index (χ1n) is 7.64. The highest BCUT2D eigenvalue weighted by Gasteiger charge is 2.64. The van der Waals surface area contributed by atoms with Gasteiger partial charge in [-0.05, 0) is 35.9 Å². The minimum absolute atomic E-state index is 0.0265. The molecular weight excluding hydrogens is 373 g/mol. The summed E-state index contributed by atoms with van der Waals surface area (Å²) in [5.41, 5.74) is 0.162. The summed E-state index contributed by atoms with van der Waals surface area (Å²) in [5, 5.41) is 8.88. The summed E-state index contributed by atoms with van der Waals surface area (Å²) in [6.07, 6.45) is -4.51. The van der Waals surface area contributed by atoms with Crippen LogP contribution < -0.4 is 4.74 Å². The Kier molecular flexibility index (Phi) is 3.56. The van der Waals surface area contributed by atoms with Gasteiger partial charge in [-0.25, -0.2) is 0 Å². The number of carboxylic acid groups (broad SMARTS) is 1. The Morgan fingerprint density at radius 2 is 1.85 bits per heavy atom. The number of halogens is 4. The Bertz CT molecular complexity index is 954. The van der Waals surface area contributed by atoms with Gasteiger partial charge in [0.15, 0.2) is 5.78 Å². The second kappa shape index (κ2) is 5.48. The van der Waals surface area contributed by atoms with Gasteiger partial charge in [0, 0.05) is 17.4 Å². The number of ketones is 1. The molecule has 0 radical (unpaired) electrons. The van der Waals surface area contributed by atoms with Crippen LogP contribution in [0.4, 0.5) is 13.2 Å². The molecule has 2 aliphatic rings. The zero-order chi connectivity index (χ0) is 18.8. The summed E-state index contributed by atoms with van der Waals surface area (Å²) in [6.45, 7) is 0. The van der Waals surface area contributed by atoms with Gasteiger partial charge in [-0.15, -0.1) is 0 Å². The number of hydrogen-bond acceptors (Lipinski definition) is 3. The third-order valence-corrected chi connectivity index (χ3v) is 5.04. The standard InChI is InChI=1S/C18H10ClF3O4/c19-11-5-7(18(20,21)22)1-4-12(11)26-8-2-3-9-10(6-8)16(23)14-13(9)15(14)17(24)25/h1-6,13-15H,(H,24,25). The number of Topliss-reactive ketones (excluding diaryl/α,β-unsaturated/α-hetero) is 1. The summed E-state index contributed by atoms with van der Waals surface area (Å²) in [6, 6.07) is 7.36. The van der Waals surface area contributed by atoms with Crippen molar-refractivity contribution in [1.29, 1.82) is 0 Å². The number of hydrogen-bond donors (Lipinski definition) is 1. The van der Waals surface area contributed by atoms with Crippen LogP contribution in [0.25, 0.3) is 0 Å². The smallest absolute Gasteiger partial charge is 0.416 e. The van der Waals surface area contributed by atoms with Crippen molar-refractivity contribution < 1.29 is 32.6 Å². The maximum Gasteiger partial charge on any atom is 0.416 e. The van der Waals surface area contributed by atoms with Crippen molar-refractivity contribution in [2.75, 3.05) is 0 Å². The van der Waals surface area contributed by atoms with Crippen LogP contribution in [0.5, 0.6) is 11.5 Å². The van der Waals surface area contributed by atoms with Crippen LogP contribution in [-0.2, 0) is 11.0 Å². The summed E-state index contributed by atoms with van der Waals surface area (Å²) in [7, 11) is 0. The highest BCUT2D eigenvalue weighted by atomic mass is 35.5. The Labute approximate surface area is 150 Å². The van der Waals surface area contributed by atoms with Gasteiger partial charge >= 0.3 is 12.1 Å². The Hall–Kier alpha value is -2.54. The topological polar surface area (TPSA) is 63.6 Å². The quantitative estimate of drug-likeness (QED) is 0.831. The number of carboxylic acids is 1. The minimum Gasteiger partial charge on any atom is -0.481 e. The molecule has 0 saturated heterocycles. The van der Waals surface area contributed by atoms with Crippen molar-refractivity contribution >= 4 is 23.4 Å². The van der Waals surface area contributed by atoms with Gasteiger partial charge in [0.25, 0.3) is 0 Å². The molecule has 2 aromatic carbocycles. The lowest BCUT2D eigenvalue weighted by Gasteiger charge is -2.12. The van der Waals surface area contributed by atoms with E-state index < -0.39 is 29.5 Å². The third-order valence-electron chi connectivity index (χ3n) is 4.74. The summed E-state index contributed by atoms with van der Waals surface area (Å²) in [5.74, 6) is -2.49. The molecule has 2 aliphatic carbocycles. The fourth-order valence-electron chi connectivity index (χ4n) is 3.50. The van der Waals surface area contributed by atoms with E-state index in [1.54, 1.807) is 12.1 Å². The number of carbonyl (C=O) groups excluding carboxylic acids is 1. The second-order valence-corrected chi connectivity index (χ2v) is 6.68. The molecule has 0 spiro atoms. The van der Waals surface area contributed by atoms with Crippen molar-refractivity contribution in [3.63, 3.8) is 0 Å². The van der Waals surface area contributed by atoms with Crippen molar-refractivity contribution in [1.82, 2.24) is 0 Å². The van der Waals surface area contributed by atoms with Crippen molar-refractivity contribution in [2.24, 2.45) is 11.8 Å². The molecule has 0 aliphatic heterocycles. The SMILES string of the molecule is O=C(O)C1C2C(=O)c3cc(Oc4ccc(C(F)(F)F)cc4Cl)ccc3C12.